The number of aromatic nitrogens is 4. The van der Waals surface area contributed by atoms with Gasteiger partial charge in [0.1, 0.15) is 17.8 Å². The van der Waals surface area contributed by atoms with Crippen LogP contribution in [0.4, 0.5) is 0 Å². The van der Waals surface area contributed by atoms with Crippen LogP contribution in [0.3, 0.4) is 0 Å². The van der Waals surface area contributed by atoms with Crippen LogP contribution in [0, 0.1) is 13.8 Å². The van der Waals surface area contributed by atoms with Gasteiger partial charge in [-0.05, 0) is 78.7 Å². The molecule has 3 rings (SSSR count). The van der Waals surface area contributed by atoms with Gasteiger partial charge in [-0.3, -0.25) is 0 Å². The Morgan fingerprint density at radius 1 is 1.04 bits per heavy atom. The van der Waals surface area contributed by atoms with Crippen LogP contribution in [-0.2, 0) is 4.79 Å². The Kier molecular flexibility index (Phi) is 4.74. The van der Waals surface area contributed by atoms with E-state index in [0.717, 1.165) is 11.3 Å². The minimum absolute atomic E-state index is 0.428. The lowest BCUT2D eigenvalue weighted by Gasteiger charge is -2.15. The van der Waals surface area contributed by atoms with Crippen LogP contribution in [0.5, 0.6) is 11.5 Å². The fraction of sp³-hybridized carbons (Fsp3) is 0.222. The summed E-state index contributed by atoms with van der Waals surface area (Å²) < 4.78 is 12.5. The maximum atomic E-state index is 12.2. The normalized spacial score (nSPS) is 11.8. The van der Waals surface area contributed by atoms with Gasteiger partial charge in [0.25, 0.3) is 0 Å². The lowest BCUT2D eigenvalue weighted by molar-refractivity contribution is -0.141. The second-order valence-corrected chi connectivity index (χ2v) is 5.68. The van der Waals surface area contributed by atoms with Crippen molar-refractivity contribution in [2.45, 2.75) is 26.9 Å². The van der Waals surface area contributed by atoms with Crippen LogP contribution in [0.2, 0.25) is 0 Å². The quantitative estimate of drug-likeness (QED) is 0.526. The topological polar surface area (TPSA) is 79.1 Å². The van der Waals surface area contributed by atoms with Gasteiger partial charge in [-0.15, -0.1) is 5.10 Å². The molecule has 0 radical (unpaired) electrons. The van der Waals surface area contributed by atoms with Gasteiger partial charge >= 0.3 is 5.97 Å². The van der Waals surface area contributed by atoms with Gasteiger partial charge in [0.2, 0.25) is 0 Å². The third kappa shape index (κ3) is 4.00. The third-order valence-electron chi connectivity index (χ3n) is 3.79. The summed E-state index contributed by atoms with van der Waals surface area (Å²) in [6.07, 6.45) is 0.766. The molecular weight excluding hydrogens is 320 g/mol. The third-order valence-corrected chi connectivity index (χ3v) is 3.79. The number of aryl methyl sites for hydroxylation is 2. The van der Waals surface area contributed by atoms with Gasteiger partial charge in [-0.25, -0.2) is 9.48 Å². The number of tetrazole rings is 1. The molecule has 0 aliphatic carbocycles. The van der Waals surface area contributed by atoms with Gasteiger partial charge in [-0.2, -0.15) is 0 Å². The van der Waals surface area contributed by atoms with Crippen molar-refractivity contribution in [1.82, 2.24) is 20.2 Å². The van der Waals surface area contributed by atoms with Crippen molar-refractivity contribution in [3.63, 3.8) is 0 Å². The van der Waals surface area contributed by atoms with Crippen LogP contribution in [-0.4, -0.2) is 32.3 Å². The van der Waals surface area contributed by atoms with Gasteiger partial charge < -0.3 is 9.47 Å². The molecule has 7 nitrogen and oxygen atoms in total. The van der Waals surface area contributed by atoms with E-state index in [4.69, 9.17) is 9.47 Å². The van der Waals surface area contributed by atoms with Crippen LogP contribution >= 0.6 is 0 Å². The van der Waals surface area contributed by atoms with Gasteiger partial charge in [0, 0.05) is 0 Å². The molecule has 7 heteroatoms. The van der Waals surface area contributed by atoms with Crippen molar-refractivity contribution in [1.29, 1.82) is 0 Å². The van der Waals surface area contributed by atoms with Crippen LogP contribution in [0.1, 0.15) is 18.1 Å². The van der Waals surface area contributed by atoms with E-state index in [1.807, 2.05) is 32.0 Å². The van der Waals surface area contributed by atoms with E-state index in [9.17, 15) is 4.79 Å². The maximum Gasteiger partial charge on any atom is 0.352 e. The van der Waals surface area contributed by atoms with Crippen LogP contribution < -0.4 is 9.47 Å². The Morgan fingerprint density at radius 3 is 2.40 bits per heavy atom. The molecule has 0 aliphatic heterocycles. The summed E-state index contributed by atoms with van der Waals surface area (Å²) >= 11 is 0. The average Bonchev–Trinajstić information content (AvgIpc) is 3.13. The highest BCUT2D eigenvalue weighted by Gasteiger charge is 2.17. The fourth-order valence-electron chi connectivity index (χ4n) is 2.19. The molecule has 3 aromatic rings. The SMILES string of the molecule is Cc1ccc(O[C@H](C)C(=O)Oc2ccc(-n3cnnn3)cc2)cc1C. The van der Waals surface area contributed by atoms with E-state index in [0.29, 0.717) is 11.5 Å². The van der Waals surface area contributed by atoms with E-state index in [-0.39, 0.29) is 0 Å². The monoisotopic (exact) mass is 338 g/mol. The number of carbonyl (C=O) groups is 1. The molecule has 25 heavy (non-hydrogen) atoms. The first-order chi connectivity index (χ1) is 12.0. The summed E-state index contributed by atoms with van der Waals surface area (Å²) in [4.78, 5) is 12.2. The first-order valence-corrected chi connectivity index (χ1v) is 7.82. The zero-order chi connectivity index (χ0) is 17.8. The number of ether oxygens (including phenoxy) is 2. The number of rotatable bonds is 5. The lowest BCUT2D eigenvalue weighted by atomic mass is 10.1. The van der Waals surface area contributed by atoms with Crippen molar-refractivity contribution >= 4 is 5.97 Å². The van der Waals surface area contributed by atoms with Crippen molar-refractivity contribution in [2.24, 2.45) is 0 Å². The van der Waals surface area contributed by atoms with E-state index in [1.54, 1.807) is 31.2 Å². The molecule has 128 valence electrons. The second kappa shape index (κ2) is 7.12. The molecule has 1 atom stereocenters. The van der Waals surface area contributed by atoms with E-state index < -0.39 is 12.1 Å². The average molecular weight is 338 g/mol. The van der Waals surface area contributed by atoms with Crippen LogP contribution in [0.25, 0.3) is 5.69 Å². The molecule has 0 saturated heterocycles. The highest BCUT2D eigenvalue weighted by Crippen LogP contribution is 2.19. The number of hydrogen-bond donors (Lipinski definition) is 0. The summed E-state index contributed by atoms with van der Waals surface area (Å²) in [5.74, 6) is 0.604. The van der Waals surface area contributed by atoms with E-state index >= 15 is 0 Å². The molecule has 0 fully saturated rings. The fourth-order valence-corrected chi connectivity index (χ4v) is 2.19. The molecule has 0 unspecified atom stereocenters. The molecule has 0 N–H and O–H groups in total. The smallest absolute Gasteiger partial charge is 0.352 e. The summed E-state index contributed by atoms with van der Waals surface area (Å²) in [7, 11) is 0. The number of nitrogens with zero attached hydrogens (tertiary/aromatic N) is 4. The van der Waals surface area contributed by atoms with Crippen molar-refractivity contribution in [3.05, 3.63) is 59.9 Å². The molecule has 0 spiro atoms. The number of carbonyl (C=O) groups excluding carboxylic acids is 1. The predicted octanol–water partition coefficient (Wildman–Crippen LogP) is 2.65. The molecule has 0 aliphatic rings. The van der Waals surface area contributed by atoms with Crippen molar-refractivity contribution in [3.8, 4) is 17.2 Å². The maximum absolute atomic E-state index is 12.2. The lowest BCUT2D eigenvalue weighted by Crippen LogP contribution is -2.28. The number of benzene rings is 2. The highest BCUT2D eigenvalue weighted by molar-refractivity contribution is 5.77. The van der Waals surface area contributed by atoms with E-state index in [1.165, 1.54) is 16.6 Å². The summed E-state index contributed by atoms with van der Waals surface area (Å²) in [5.41, 5.74) is 3.05. The molecule has 1 heterocycles. The van der Waals surface area contributed by atoms with Gasteiger partial charge in [0.15, 0.2) is 6.10 Å². The van der Waals surface area contributed by atoms with Crippen molar-refractivity contribution < 1.29 is 14.3 Å². The molecule has 2 aromatic carbocycles. The van der Waals surface area contributed by atoms with E-state index in [2.05, 4.69) is 15.5 Å². The molecule has 0 bridgehead atoms. The Hall–Kier alpha value is -3.22. The van der Waals surface area contributed by atoms with Gasteiger partial charge in [-0.1, -0.05) is 6.07 Å². The largest absolute Gasteiger partial charge is 0.479 e. The molecule has 1 aromatic heterocycles. The number of hydrogen-bond acceptors (Lipinski definition) is 6. The highest BCUT2D eigenvalue weighted by atomic mass is 16.6. The first-order valence-electron chi connectivity index (χ1n) is 7.82. The standard InChI is InChI=1S/C18H18N4O3/c1-12-4-7-17(10-13(12)2)24-14(3)18(23)25-16-8-5-15(6-9-16)22-11-19-20-21-22/h4-11,14H,1-3H3/t14-/m1/s1. The Morgan fingerprint density at radius 2 is 1.76 bits per heavy atom. The first kappa shape index (κ1) is 16.6. The number of esters is 1. The summed E-state index contributed by atoms with van der Waals surface area (Å²) in [5, 5.41) is 10.9. The Bertz CT molecular complexity index is 861. The summed E-state index contributed by atoms with van der Waals surface area (Å²) in [6, 6.07) is 12.6. The van der Waals surface area contributed by atoms with Gasteiger partial charge in [0.05, 0.1) is 5.69 Å². The van der Waals surface area contributed by atoms with Crippen molar-refractivity contribution in [2.75, 3.05) is 0 Å². The second-order valence-electron chi connectivity index (χ2n) is 5.68. The Labute approximate surface area is 145 Å². The minimum Gasteiger partial charge on any atom is -0.479 e. The Balaban J connectivity index is 1.62. The molecular formula is C18H18N4O3. The molecule has 0 amide bonds. The zero-order valence-corrected chi connectivity index (χ0v) is 14.2. The summed E-state index contributed by atoms with van der Waals surface area (Å²) in [6.45, 7) is 5.68. The minimum atomic E-state index is -0.721. The molecule has 0 saturated carbocycles. The van der Waals surface area contributed by atoms with Crippen LogP contribution in [0.15, 0.2) is 48.8 Å². The zero-order valence-electron chi connectivity index (χ0n) is 14.2. The predicted molar refractivity (Wildman–Crippen MR) is 90.8 cm³/mol.